The fourth-order valence-electron chi connectivity index (χ4n) is 1.73. The highest BCUT2D eigenvalue weighted by atomic mass is 32.1. The second-order valence-corrected chi connectivity index (χ2v) is 5.95. The molecule has 96 valence electrons. The van der Waals surface area contributed by atoms with Crippen LogP contribution in [0.15, 0.2) is 29.2 Å². The van der Waals surface area contributed by atoms with Crippen LogP contribution in [0.4, 0.5) is 0 Å². The molecule has 1 unspecified atom stereocenters. The molecule has 0 aliphatic carbocycles. The molecule has 0 saturated heterocycles. The average Bonchev–Trinajstić information content (AvgIpc) is 2.25. The maximum absolute atomic E-state index is 6.02. The third-order valence-electron chi connectivity index (χ3n) is 2.58. The Bertz CT molecular complexity index is 316. The number of rotatable bonds is 6. The van der Waals surface area contributed by atoms with E-state index in [2.05, 4.69) is 52.5 Å². The normalized spacial score (nSPS) is 13.4. The summed E-state index contributed by atoms with van der Waals surface area (Å²) in [6.07, 6.45) is 1.28. The van der Waals surface area contributed by atoms with Crippen molar-refractivity contribution in [2.45, 2.75) is 45.1 Å². The third-order valence-corrected chi connectivity index (χ3v) is 2.88. The first-order chi connectivity index (χ1) is 7.99. The lowest BCUT2D eigenvalue weighted by molar-refractivity contribution is 0.0220. The summed E-state index contributed by atoms with van der Waals surface area (Å²) >= 11 is 4.31. The fraction of sp³-hybridized carbons (Fsp3) is 0.600. The number of benzene rings is 1. The molecule has 0 aliphatic rings. The molecule has 2 heteroatoms. The van der Waals surface area contributed by atoms with E-state index in [9.17, 15) is 0 Å². The molecule has 0 spiro atoms. The number of ether oxygens (including phenoxy) is 1. The van der Waals surface area contributed by atoms with Crippen LogP contribution in [-0.4, -0.2) is 6.61 Å². The van der Waals surface area contributed by atoms with Crippen molar-refractivity contribution in [2.24, 2.45) is 11.8 Å². The lowest BCUT2D eigenvalue weighted by Crippen LogP contribution is -2.11. The maximum Gasteiger partial charge on any atom is 0.0827 e. The highest BCUT2D eigenvalue weighted by molar-refractivity contribution is 7.80. The van der Waals surface area contributed by atoms with Crippen molar-refractivity contribution in [3.63, 3.8) is 0 Å². The minimum atomic E-state index is 0.214. The van der Waals surface area contributed by atoms with Gasteiger partial charge >= 0.3 is 0 Å². The molecule has 1 nitrogen and oxygen atoms in total. The van der Waals surface area contributed by atoms with Crippen LogP contribution in [0.3, 0.4) is 0 Å². The van der Waals surface area contributed by atoms with Crippen molar-refractivity contribution in [2.75, 3.05) is 6.61 Å². The first kappa shape index (κ1) is 14.6. The molecular formula is C15H24OS. The van der Waals surface area contributed by atoms with Gasteiger partial charge < -0.3 is 4.74 Å². The lowest BCUT2D eigenvalue weighted by atomic mass is 9.99. The van der Waals surface area contributed by atoms with Crippen molar-refractivity contribution in [3.05, 3.63) is 29.8 Å². The van der Waals surface area contributed by atoms with Crippen LogP contribution in [0.5, 0.6) is 0 Å². The number of hydrogen-bond donors (Lipinski definition) is 1. The summed E-state index contributed by atoms with van der Waals surface area (Å²) in [6.45, 7) is 9.66. The van der Waals surface area contributed by atoms with Gasteiger partial charge in [-0.25, -0.2) is 0 Å². The summed E-state index contributed by atoms with van der Waals surface area (Å²) in [7, 11) is 0. The van der Waals surface area contributed by atoms with Gasteiger partial charge in [-0.2, -0.15) is 0 Å². The smallest absolute Gasteiger partial charge is 0.0827 e. The van der Waals surface area contributed by atoms with E-state index in [1.807, 2.05) is 12.1 Å². The molecule has 17 heavy (non-hydrogen) atoms. The minimum Gasteiger partial charge on any atom is -0.373 e. The Morgan fingerprint density at radius 1 is 1.00 bits per heavy atom. The van der Waals surface area contributed by atoms with E-state index in [0.29, 0.717) is 11.8 Å². The SMILES string of the molecule is CC(C)COC(CC(C)C)c1ccc(S)cc1. The summed E-state index contributed by atoms with van der Waals surface area (Å²) in [4.78, 5) is 1.00. The molecule has 1 atom stereocenters. The average molecular weight is 252 g/mol. The van der Waals surface area contributed by atoms with Crippen LogP contribution in [0.25, 0.3) is 0 Å². The lowest BCUT2D eigenvalue weighted by Gasteiger charge is -2.21. The van der Waals surface area contributed by atoms with Gasteiger partial charge in [0.15, 0.2) is 0 Å². The quantitative estimate of drug-likeness (QED) is 0.720. The van der Waals surface area contributed by atoms with Gasteiger partial charge in [0.2, 0.25) is 0 Å². The molecule has 0 amide bonds. The monoisotopic (exact) mass is 252 g/mol. The third kappa shape index (κ3) is 5.60. The van der Waals surface area contributed by atoms with Crippen LogP contribution in [0, 0.1) is 11.8 Å². The summed E-state index contributed by atoms with van der Waals surface area (Å²) in [5.74, 6) is 1.22. The Labute approximate surface area is 111 Å². The Balaban J connectivity index is 2.70. The van der Waals surface area contributed by atoms with E-state index in [1.54, 1.807) is 0 Å². The van der Waals surface area contributed by atoms with Crippen molar-refractivity contribution in [1.82, 2.24) is 0 Å². The van der Waals surface area contributed by atoms with Crippen molar-refractivity contribution < 1.29 is 4.74 Å². The molecule has 0 N–H and O–H groups in total. The molecule has 0 radical (unpaired) electrons. The molecule has 0 saturated carbocycles. The van der Waals surface area contributed by atoms with E-state index in [0.717, 1.165) is 17.9 Å². The molecule has 1 aromatic carbocycles. The molecule has 0 aromatic heterocycles. The predicted octanol–water partition coefficient (Wildman–Crippen LogP) is 4.74. The fourth-order valence-corrected chi connectivity index (χ4v) is 1.88. The highest BCUT2D eigenvalue weighted by Gasteiger charge is 2.14. The summed E-state index contributed by atoms with van der Waals surface area (Å²) in [6, 6.07) is 8.31. The number of thiol groups is 1. The summed E-state index contributed by atoms with van der Waals surface area (Å²) in [5, 5.41) is 0. The van der Waals surface area contributed by atoms with E-state index < -0.39 is 0 Å². The van der Waals surface area contributed by atoms with Gasteiger partial charge in [-0.05, 0) is 36.0 Å². The van der Waals surface area contributed by atoms with Gasteiger partial charge in [0.1, 0.15) is 0 Å². The zero-order valence-corrected chi connectivity index (χ0v) is 12.2. The maximum atomic E-state index is 6.02. The van der Waals surface area contributed by atoms with Gasteiger partial charge in [-0.15, -0.1) is 12.6 Å². The molecule has 1 aromatic rings. The van der Waals surface area contributed by atoms with Crippen molar-refractivity contribution in [3.8, 4) is 0 Å². The first-order valence-electron chi connectivity index (χ1n) is 6.39. The molecule has 1 rings (SSSR count). The van der Waals surface area contributed by atoms with Gasteiger partial charge in [-0.1, -0.05) is 39.8 Å². The van der Waals surface area contributed by atoms with Gasteiger partial charge in [0, 0.05) is 11.5 Å². The molecular weight excluding hydrogens is 228 g/mol. The summed E-state index contributed by atoms with van der Waals surface area (Å²) in [5.41, 5.74) is 1.26. The van der Waals surface area contributed by atoms with E-state index >= 15 is 0 Å². The van der Waals surface area contributed by atoms with E-state index in [1.165, 1.54) is 5.56 Å². The first-order valence-corrected chi connectivity index (χ1v) is 6.84. The molecule has 0 fully saturated rings. The molecule has 0 aliphatic heterocycles. The Morgan fingerprint density at radius 3 is 2.06 bits per heavy atom. The standard InChI is InChI=1S/C15H24OS/c1-11(2)9-15(16-10-12(3)4)13-5-7-14(17)8-6-13/h5-8,11-12,15,17H,9-10H2,1-4H3. The van der Waals surface area contributed by atoms with Crippen LogP contribution < -0.4 is 0 Å². The van der Waals surface area contributed by atoms with Gasteiger partial charge in [-0.3, -0.25) is 0 Å². The van der Waals surface area contributed by atoms with Crippen molar-refractivity contribution in [1.29, 1.82) is 0 Å². The molecule has 0 bridgehead atoms. The van der Waals surface area contributed by atoms with Crippen molar-refractivity contribution >= 4 is 12.6 Å². The molecule has 0 heterocycles. The minimum absolute atomic E-state index is 0.214. The highest BCUT2D eigenvalue weighted by Crippen LogP contribution is 2.26. The van der Waals surface area contributed by atoms with Crippen LogP contribution in [-0.2, 0) is 4.74 Å². The topological polar surface area (TPSA) is 9.23 Å². The van der Waals surface area contributed by atoms with E-state index in [4.69, 9.17) is 4.74 Å². The second kappa shape index (κ2) is 7.07. The van der Waals surface area contributed by atoms with E-state index in [-0.39, 0.29) is 6.10 Å². The summed E-state index contributed by atoms with van der Waals surface area (Å²) < 4.78 is 6.02. The predicted molar refractivity (Wildman–Crippen MR) is 76.7 cm³/mol. The Kier molecular flexibility index (Phi) is 6.07. The van der Waals surface area contributed by atoms with Crippen LogP contribution in [0.1, 0.15) is 45.8 Å². The van der Waals surface area contributed by atoms with Crippen LogP contribution >= 0.6 is 12.6 Å². The van der Waals surface area contributed by atoms with Gasteiger partial charge in [0.25, 0.3) is 0 Å². The van der Waals surface area contributed by atoms with Crippen LogP contribution in [0.2, 0.25) is 0 Å². The second-order valence-electron chi connectivity index (χ2n) is 5.44. The zero-order chi connectivity index (χ0) is 12.8. The zero-order valence-electron chi connectivity index (χ0n) is 11.3. The number of hydrogen-bond acceptors (Lipinski definition) is 2. The van der Waals surface area contributed by atoms with Gasteiger partial charge in [0.05, 0.1) is 6.10 Å². The Morgan fingerprint density at radius 2 is 1.59 bits per heavy atom. The largest absolute Gasteiger partial charge is 0.373 e. The Hall–Kier alpha value is -0.470.